The van der Waals surface area contributed by atoms with E-state index in [4.69, 9.17) is 4.74 Å². The zero-order valence-corrected chi connectivity index (χ0v) is 17.5. The zero-order valence-electron chi connectivity index (χ0n) is 17.5. The molecule has 0 aliphatic rings. The maximum absolute atomic E-state index is 13.4. The quantitative estimate of drug-likeness (QED) is 0.346. The summed E-state index contributed by atoms with van der Waals surface area (Å²) in [6.45, 7) is 4.75. The van der Waals surface area contributed by atoms with Gasteiger partial charge in [0, 0.05) is 29.9 Å². The van der Waals surface area contributed by atoms with Gasteiger partial charge in [0.05, 0.1) is 11.5 Å². The molecule has 0 N–H and O–H groups in total. The van der Waals surface area contributed by atoms with E-state index in [2.05, 4.69) is 0 Å². The van der Waals surface area contributed by atoms with Gasteiger partial charge in [-0.05, 0) is 49.7 Å². The lowest BCUT2D eigenvalue weighted by Crippen LogP contribution is -2.32. The number of anilines is 1. The van der Waals surface area contributed by atoms with E-state index in [9.17, 15) is 14.9 Å². The number of rotatable bonds is 8. The van der Waals surface area contributed by atoms with Gasteiger partial charge in [0.15, 0.2) is 0 Å². The van der Waals surface area contributed by atoms with E-state index < -0.39 is 4.92 Å². The van der Waals surface area contributed by atoms with Crippen molar-refractivity contribution < 1.29 is 14.5 Å². The van der Waals surface area contributed by atoms with Crippen LogP contribution in [0, 0.1) is 10.1 Å². The average Bonchev–Trinajstić information content (AvgIpc) is 2.78. The van der Waals surface area contributed by atoms with Gasteiger partial charge in [-0.1, -0.05) is 48.0 Å². The second-order valence-corrected chi connectivity index (χ2v) is 7.03. The molecule has 0 bridgehead atoms. The molecule has 3 rings (SSSR count). The Labute approximate surface area is 181 Å². The number of ether oxygens (including phenoxy) is 1. The molecule has 0 unspecified atom stereocenters. The van der Waals surface area contributed by atoms with Gasteiger partial charge in [-0.15, -0.1) is 0 Å². The van der Waals surface area contributed by atoms with Gasteiger partial charge in [0.1, 0.15) is 5.75 Å². The van der Waals surface area contributed by atoms with Crippen molar-refractivity contribution >= 4 is 23.4 Å². The predicted octanol–water partition coefficient (Wildman–Crippen LogP) is 5.74. The third kappa shape index (κ3) is 5.79. The number of nitrogens with zero attached hydrogens (tertiary/aromatic N) is 2. The number of non-ortho nitro benzene ring substituents is 1. The SMILES string of the molecule is CCOc1ccc(N(C/C(C)=C/c2ccccc2)C(=O)c2cccc([N+](=O)[O-])c2)cc1. The molecule has 6 heteroatoms. The van der Waals surface area contributed by atoms with Gasteiger partial charge in [-0.2, -0.15) is 0 Å². The molecule has 0 fully saturated rings. The number of amides is 1. The van der Waals surface area contributed by atoms with E-state index in [1.807, 2.05) is 74.5 Å². The Kier molecular flexibility index (Phi) is 7.17. The second-order valence-electron chi connectivity index (χ2n) is 7.03. The van der Waals surface area contributed by atoms with Crippen LogP contribution in [0.5, 0.6) is 5.75 Å². The number of carbonyl (C=O) groups is 1. The number of carbonyl (C=O) groups excluding carboxylic acids is 1. The van der Waals surface area contributed by atoms with E-state index in [-0.39, 0.29) is 17.2 Å². The lowest BCUT2D eigenvalue weighted by molar-refractivity contribution is -0.384. The minimum Gasteiger partial charge on any atom is -0.494 e. The van der Waals surface area contributed by atoms with Gasteiger partial charge in [-0.3, -0.25) is 14.9 Å². The summed E-state index contributed by atoms with van der Waals surface area (Å²) in [6.07, 6.45) is 2.02. The van der Waals surface area contributed by atoms with Crippen LogP contribution >= 0.6 is 0 Å². The molecule has 31 heavy (non-hydrogen) atoms. The highest BCUT2D eigenvalue weighted by Gasteiger charge is 2.20. The summed E-state index contributed by atoms with van der Waals surface area (Å²) < 4.78 is 5.50. The molecule has 0 saturated carbocycles. The van der Waals surface area contributed by atoms with Crippen LogP contribution in [-0.2, 0) is 0 Å². The fourth-order valence-electron chi connectivity index (χ4n) is 3.21. The van der Waals surface area contributed by atoms with Crippen LogP contribution in [0.4, 0.5) is 11.4 Å². The first kappa shape index (κ1) is 21.8. The van der Waals surface area contributed by atoms with E-state index in [1.54, 1.807) is 11.0 Å². The number of nitro groups is 1. The van der Waals surface area contributed by atoms with Crippen molar-refractivity contribution in [2.45, 2.75) is 13.8 Å². The molecule has 0 aliphatic heterocycles. The molecule has 0 spiro atoms. The van der Waals surface area contributed by atoms with Crippen LogP contribution in [0.3, 0.4) is 0 Å². The fourth-order valence-corrected chi connectivity index (χ4v) is 3.21. The maximum atomic E-state index is 13.4. The van der Waals surface area contributed by atoms with Crippen molar-refractivity contribution in [1.29, 1.82) is 0 Å². The summed E-state index contributed by atoms with van der Waals surface area (Å²) in [7, 11) is 0. The summed E-state index contributed by atoms with van der Waals surface area (Å²) in [6, 6.07) is 22.9. The number of hydrogen-bond donors (Lipinski definition) is 0. The predicted molar refractivity (Wildman–Crippen MR) is 122 cm³/mol. The van der Waals surface area contributed by atoms with E-state index in [1.165, 1.54) is 18.2 Å². The molecular weight excluding hydrogens is 392 g/mol. The monoisotopic (exact) mass is 416 g/mol. The smallest absolute Gasteiger partial charge is 0.270 e. The summed E-state index contributed by atoms with van der Waals surface area (Å²) in [5, 5.41) is 11.2. The molecule has 6 nitrogen and oxygen atoms in total. The summed E-state index contributed by atoms with van der Waals surface area (Å²) in [5.74, 6) is 0.402. The Hall–Kier alpha value is -3.93. The topological polar surface area (TPSA) is 72.7 Å². The van der Waals surface area contributed by atoms with Gasteiger partial charge in [0.25, 0.3) is 11.6 Å². The second kappa shape index (κ2) is 10.2. The molecule has 3 aromatic carbocycles. The first-order valence-electron chi connectivity index (χ1n) is 9.99. The fraction of sp³-hybridized carbons (Fsp3) is 0.160. The van der Waals surface area contributed by atoms with Gasteiger partial charge < -0.3 is 9.64 Å². The van der Waals surface area contributed by atoms with Crippen molar-refractivity contribution in [3.8, 4) is 5.75 Å². The Morgan fingerprint density at radius 1 is 1.03 bits per heavy atom. The molecule has 0 atom stereocenters. The van der Waals surface area contributed by atoms with Crippen molar-refractivity contribution in [3.63, 3.8) is 0 Å². The highest BCUT2D eigenvalue weighted by atomic mass is 16.6. The molecule has 1 amide bonds. The van der Waals surface area contributed by atoms with Gasteiger partial charge in [0.2, 0.25) is 0 Å². The highest BCUT2D eigenvalue weighted by Crippen LogP contribution is 2.24. The van der Waals surface area contributed by atoms with Crippen molar-refractivity contribution in [1.82, 2.24) is 0 Å². The van der Waals surface area contributed by atoms with Crippen molar-refractivity contribution in [3.05, 3.63) is 106 Å². The Morgan fingerprint density at radius 3 is 2.39 bits per heavy atom. The molecule has 0 saturated heterocycles. The van der Waals surface area contributed by atoms with Crippen LogP contribution in [0.1, 0.15) is 29.8 Å². The molecule has 0 aromatic heterocycles. The normalized spacial score (nSPS) is 11.1. The Bertz CT molecular complexity index is 1080. The summed E-state index contributed by atoms with van der Waals surface area (Å²) in [4.78, 5) is 25.6. The average molecular weight is 416 g/mol. The molecule has 3 aromatic rings. The van der Waals surface area contributed by atoms with E-state index in [0.29, 0.717) is 24.6 Å². The number of nitro benzene ring substituents is 1. The van der Waals surface area contributed by atoms with E-state index in [0.717, 1.165) is 11.1 Å². The molecule has 0 aliphatic carbocycles. The number of hydrogen-bond acceptors (Lipinski definition) is 4. The minimum atomic E-state index is -0.501. The first-order valence-corrected chi connectivity index (χ1v) is 9.99. The Balaban J connectivity index is 1.95. The maximum Gasteiger partial charge on any atom is 0.270 e. The van der Waals surface area contributed by atoms with Crippen LogP contribution in [0.25, 0.3) is 6.08 Å². The molecule has 0 radical (unpaired) electrons. The zero-order chi connectivity index (χ0) is 22.2. The Morgan fingerprint density at radius 2 is 1.74 bits per heavy atom. The lowest BCUT2D eigenvalue weighted by Gasteiger charge is -2.24. The van der Waals surface area contributed by atoms with Crippen molar-refractivity contribution in [2.24, 2.45) is 0 Å². The third-order valence-corrected chi connectivity index (χ3v) is 4.63. The summed E-state index contributed by atoms with van der Waals surface area (Å²) in [5.41, 5.74) is 2.83. The largest absolute Gasteiger partial charge is 0.494 e. The third-order valence-electron chi connectivity index (χ3n) is 4.63. The van der Waals surface area contributed by atoms with Crippen LogP contribution in [0.15, 0.2) is 84.4 Å². The van der Waals surface area contributed by atoms with Crippen LogP contribution in [-0.4, -0.2) is 24.0 Å². The van der Waals surface area contributed by atoms with Crippen LogP contribution < -0.4 is 9.64 Å². The van der Waals surface area contributed by atoms with Gasteiger partial charge >= 0.3 is 0 Å². The van der Waals surface area contributed by atoms with E-state index >= 15 is 0 Å². The van der Waals surface area contributed by atoms with Crippen molar-refractivity contribution in [2.75, 3.05) is 18.1 Å². The van der Waals surface area contributed by atoms with Crippen LogP contribution in [0.2, 0.25) is 0 Å². The highest BCUT2D eigenvalue weighted by molar-refractivity contribution is 6.06. The first-order chi connectivity index (χ1) is 15.0. The number of benzene rings is 3. The standard InChI is InChI=1S/C25H24N2O4/c1-3-31-24-14-12-22(13-15-24)26(18-19(2)16-20-8-5-4-6-9-20)25(28)21-10-7-11-23(17-21)27(29)30/h4-17H,3,18H2,1-2H3/b19-16+. The van der Waals surface area contributed by atoms with Gasteiger partial charge in [-0.25, -0.2) is 0 Å². The molecule has 0 heterocycles. The molecular formula is C25H24N2O4. The summed E-state index contributed by atoms with van der Waals surface area (Å²) >= 11 is 0. The lowest BCUT2D eigenvalue weighted by atomic mass is 10.1. The minimum absolute atomic E-state index is 0.117. The molecule has 158 valence electrons.